The summed E-state index contributed by atoms with van der Waals surface area (Å²) in [6, 6.07) is 8.33. The zero-order chi connectivity index (χ0) is 13.3. The summed E-state index contributed by atoms with van der Waals surface area (Å²) in [6.07, 6.45) is -0.950. The molecular formula is C13H16O4. The fourth-order valence-electron chi connectivity index (χ4n) is 1.14. The number of hydrogen-bond acceptors (Lipinski definition) is 3. The van der Waals surface area contributed by atoms with E-state index in [4.69, 9.17) is 5.11 Å². The van der Waals surface area contributed by atoms with E-state index in [1.165, 1.54) is 0 Å². The molecule has 0 aliphatic carbocycles. The Morgan fingerprint density at radius 2 is 1.53 bits per heavy atom. The molecule has 0 aliphatic heterocycles. The minimum Gasteiger partial charge on any atom is -0.481 e. The number of Topliss-reactive ketones (excluding diaryl/α,β-unsaturated/α-hetero) is 2. The van der Waals surface area contributed by atoms with Crippen molar-refractivity contribution < 1.29 is 19.5 Å². The molecule has 0 unspecified atom stereocenters. The molecule has 4 heteroatoms. The van der Waals surface area contributed by atoms with Crippen LogP contribution < -0.4 is 0 Å². The van der Waals surface area contributed by atoms with Crippen LogP contribution in [0.15, 0.2) is 30.3 Å². The Morgan fingerprint density at radius 1 is 1.00 bits per heavy atom. The minimum atomic E-state index is -1.21. The van der Waals surface area contributed by atoms with Crippen molar-refractivity contribution in [2.45, 2.75) is 26.7 Å². The Morgan fingerprint density at radius 3 is 2.00 bits per heavy atom. The molecule has 0 amide bonds. The maximum absolute atomic E-state index is 11.4. The van der Waals surface area contributed by atoms with Crippen LogP contribution in [0.1, 0.15) is 37.0 Å². The number of aliphatic carboxylic acids is 1. The molecule has 4 nitrogen and oxygen atoms in total. The first-order valence-electron chi connectivity index (χ1n) is 5.41. The number of carbonyl (C=O) groups is 3. The summed E-state index contributed by atoms with van der Waals surface area (Å²) in [5.41, 5.74) is 0.427. The average molecular weight is 236 g/mol. The van der Waals surface area contributed by atoms with Crippen LogP contribution in [0.5, 0.6) is 0 Å². The summed E-state index contributed by atoms with van der Waals surface area (Å²) >= 11 is 0. The number of rotatable bonds is 5. The normalized spacial score (nSPS) is 8.82. The first-order chi connectivity index (χ1) is 8.09. The van der Waals surface area contributed by atoms with Gasteiger partial charge in [-0.2, -0.15) is 0 Å². The van der Waals surface area contributed by atoms with E-state index in [0.717, 1.165) is 0 Å². The monoisotopic (exact) mass is 236 g/mol. The summed E-state index contributed by atoms with van der Waals surface area (Å²) in [4.78, 5) is 32.7. The first-order valence-corrected chi connectivity index (χ1v) is 5.41. The van der Waals surface area contributed by atoms with Crippen LogP contribution in [0.4, 0.5) is 0 Å². The molecule has 0 heterocycles. The number of carbonyl (C=O) groups excluding carboxylic acids is 2. The van der Waals surface area contributed by atoms with Crippen molar-refractivity contribution in [1.82, 2.24) is 0 Å². The van der Waals surface area contributed by atoms with Crippen molar-refractivity contribution in [3.8, 4) is 0 Å². The van der Waals surface area contributed by atoms with Crippen LogP contribution in [0.3, 0.4) is 0 Å². The highest BCUT2D eigenvalue weighted by Gasteiger charge is 2.13. The third-order valence-corrected chi connectivity index (χ3v) is 1.80. The molecule has 0 aromatic heterocycles. The molecule has 0 fully saturated rings. The van der Waals surface area contributed by atoms with Crippen molar-refractivity contribution in [2.75, 3.05) is 0 Å². The van der Waals surface area contributed by atoms with Gasteiger partial charge < -0.3 is 5.11 Å². The second-order valence-corrected chi connectivity index (χ2v) is 3.08. The lowest BCUT2D eigenvalue weighted by Gasteiger charge is -1.98. The van der Waals surface area contributed by atoms with Gasteiger partial charge in [0.2, 0.25) is 0 Å². The molecule has 0 bridgehead atoms. The summed E-state index contributed by atoms with van der Waals surface area (Å²) in [7, 11) is 0. The third kappa shape index (κ3) is 6.25. The fourth-order valence-corrected chi connectivity index (χ4v) is 1.14. The lowest BCUT2D eigenvalue weighted by Crippen LogP contribution is -2.12. The summed E-state index contributed by atoms with van der Waals surface area (Å²) in [5, 5.41) is 8.34. The largest absolute Gasteiger partial charge is 0.481 e. The van der Waals surface area contributed by atoms with Crippen LogP contribution in [-0.4, -0.2) is 22.6 Å². The lowest BCUT2D eigenvalue weighted by atomic mass is 10.1. The fraction of sp³-hybridized carbons (Fsp3) is 0.308. The number of carboxylic acid groups (broad SMARTS) is 1. The van der Waals surface area contributed by atoms with Crippen LogP contribution in [0.25, 0.3) is 0 Å². The second kappa shape index (κ2) is 8.21. The molecule has 1 N–H and O–H groups in total. The van der Waals surface area contributed by atoms with Gasteiger partial charge in [-0.1, -0.05) is 44.2 Å². The summed E-state index contributed by atoms with van der Waals surface area (Å²) in [6.45, 7) is 4.00. The predicted molar refractivity (Wildman–Crippen MR) is 64.0 cm³/mol. The van der Waals surface area contributed by atoms with Crippen LogP contribution in [0.2, 0.25) is 0 Å². The number of carboxylic acids is 1. The molecular weight excluding hydrogens is 220 g/mol. The van der Waals surface area contributed by atoms with E-state index in [9.17, 15) is 14.4 Å². The number of ketones is 2. The van der Waals surface area contributed by atoms with E-state index in [1.807, 2.05) is 13.8 Å². The molecule has 1 aromatic carbocycles. The third-order valence-electron chi connectivity index (χ3n) is 1.80. The van der Waals surface area contributed by atoms with Crippen molar-refractivity contribution in [1.29, 1.82) is 0 Å². The molecule has 1 rings (SSSR count). The van der Waals surface area contributed by atoms with Gasteiger partial charge in [-0.25, -0.2) is 0 Å². The van der Waals surface area contributed by atoms with Gasteiger partial charge in [0.25, 0.3) is 0 Å². The van der Waals surface area contributed by atoms with Crippen LogP contribution in [-0.2, 0) is 9.59 Å². The van der Waals surface area contributed by atoms with E-state index in [0.29, 0.717) is 5.56 Å². The summed E-state index contributed by atoms with van der Waals surface area (Å²) < 4.78 is 0. The summed E-state index contributed by atoms with van der Waals surface area (Å²) in [5.74, 6) is -2.13. The van der Waals surface area contributed by atoms with E-state index in [1.54, 1.807) is 30.3 Å². The molecule has 0 atom stereocenters. The Balaban J connectivity index is 0.00000121. The van der Waals surface area contributed by atoms with Gasteiger partial charge in [0, 0.05) is 5.56 Å². The molecule has 0 aliphatic rings. The molecule has 17 heavy (non-hydrogen) atoms. The first kappa shape index (κ1) is 15.0. The van der Waals surface area contributed by atoms with Crippen molar-refractivity contribution in [3.05, 3.63) is 35.9 Å². The second-order valence-electron chi connectivity index (χ2n) is 3.08. The highest BCUT2D eigenvalue weighted by atomic mass is 16.4. The molecule has 0 spiro atoms. The predicted octanol–water partition coefficient (Wildman–Crippen LogP) is 2.33. The molecule has 0 saturated carbocycles. The van der Waals surface area contributed by atoms with Gasteiger partial charge in [0.05, 0.1) is 6.42 Å². The number of hydrogen-bond donors (Lipinski definition) is 1. The highest BCUT2D eigenvalue weighted by molar-refractivity contribution is 6.11. The quantitative estimate of drug-likeness (QED) is 0.629. The highest BCUT2D eigenvalue weighted by Crippen LogP contribution is 2.04. The maximum Gasteiger partial charge on any atom is 0.310 e. The van der Waals surface area contributed by atoms with Gasteiger partial charge in [-0.05, 0) is 0 Å². The Labute approximate surface area is 100 Å². The van der Waals surface area contributed by atoms with E-state index >= 15 is 0 Å². The average Bonchev–Trinajstić information content (AvgIpc) is 2.31. The van der Waals surface area contributed by atoms with Gasteiger partial charge in [-0.15, -0.1) is 0 Å². The maximum atomic E-state index is 11.4. The van der Waals surface area contributed by atoms with Crippen LogP contribution in [0, 0.1) is 0 Å². The smallest absolute Gasteiger partial charge is 0.310 e. The van der Waals surface area contributed by atoms with Crippen molar-refractivity contribution in [3.63, 3.8) is 0 Å². The Kier molecular flexibility index (Phi) is 7.26. The van der Waals surface area contributed by atoms with Gasteiger partial charge in [0.15, 0.2) is 11.6 Å². The molecule has 0 saturated heterocycles. The van der Waals surface area contributed by atoms with Crippen LogP contribution >= 0.6 is 0 Å². The molecule has 0 radical (unpaired) electrons. The number of benzene rings is 1. The van der Waals surface area contributed by atoms with Gasteiger partial charge >= 0.3 is 5.97 Å². The Hall–Kier alpha value is -1.97. The van der Waals surface area contributed by atoms with E-state index < -0.39 is 18.2 Å². The van der Waals surface area contributed by atoms with Crippen molar-refractivity contribution >= 4 is 17.5 Å². The zero-order valence-electron chi connectivity index (χ0n) is 9.97. The van der Waals surface area contributed by atoms with Crippen molar-refractivity contribution in [2.24, 2.45) is 0 Å². The van der Waals surface area contributed by atoms with Gasteiger partial charge in [0.1, 0.15) is 6.42 Å². The lowest BCUT2D eigenvalue weighted by molar-refractivity contribution is -0.139. The van der Waals surface area contributed by atoms with E-state index in [2.05, 4.69) is 0 Å². The SMILES string of the molecule is CC.O=C(O)CC(=O)CC(=O)c1ccccc1. The topological polar surface area (TPSA) is 71.4 Å². The zero-order valence-corrected chi connectivity index (χ0v) is 9.97. The minimum absolute atomic E-state index is 0.346. The molecule has 92 valence electrons. The van der Waals surface area contributed by atoms with E-state index in [-0.39, 0.29) is 12.2 Å². The molecule has 1 aromatic rings. The standard InChI is InChI=1S/C11H10O4.C2H6/c12-9(7-11(14)15)6-10(13)8-4-2-1-3-5-8;1-2/h1-5H,6-7H2,(H,14,15);1-2H3. The Bertz CT molecular complexity index is 382. The van der Waals surface area contributed by atoms with Gasteiger partial charge in [-0.3, -0.25) is 14.4 Å².